The van der Waals surface area contributed by atoms with Crippen molar-refractivity contribution in [1.82, 2.24) is 9.88 Å². The molecule has 0 aliphatic rings. The molecule has 1 aromatic heterocycles. The first-order valence-electron chi connectivity index (χ1n) is 6.85. The fourth-order valence-corrected chi connectivity index (χ4v) is 2.11. The Balaban J connectivity index is 2.18. The lowest BCUT2D eigenvalue weighted by molar-refractivity contribution is -0.122. The molecule has 0 saturated heterocycles. The predicted molar refractivity (Wildman–Crippen MR) is 79.8 cm³/mol. The van der Waals surface area contributed by atoms with Crippen molar-refractivity contribution < 1.29 is 9.59 Å². The number of aromatic nitrogens is 1. The van der Waals surface area contributed by atoms with Gasteiger partial charge in [-0.2, -0.15) is 0 Å². The van der Waals surface area contributed by atoms with Crippen molar-refractivity contribution in [2.45, 2.75) is 33.4 Å². The zero-order chi connectivity index (χ0) is 14.7. The van der Waals surface area contributed by atoms with Gasteiger partial charge in [0.2, 0.25) is 5.91 Å². The van der Waals surface area contributed by atoms with Gasteiger partial charge in [-0.05, 0) is 25.0 Å². The molecule has 1 N–H and O–H groups in total. The molecule has 1 heterocycles. The van der Waals surface area contributed by atoms with Crippen LogP contribution in [0.5, 0.6) is 0 Å². The molecule has 2 aromatic rings. The smallest absolute Gasteiger partial charge is 0.240 e. The highest BCUT2D eigenvalue weighted by molar-refractivity contribution is 5.97. The molecule has 1 aromatic carbocycles. The number of hydrogen-bond donors (Lipinski definition) is 1. The number of hydrogen-bond acceptors (Lipinski definition) is 2. The lowest BCUT2D eigenvalue weighted by atomic mass is 10.1. The van der Waals surface area contributed by atoms with Crippen molar-refractivity contribution >= 4 is 23.1 Å². The molecule has 106 valence electrons. The van der Waals surface area contributed by atoms with Gasteiger partial charge in [0.25, 0.3) is 0 Å². The second-order valence-electron chi connectivity index (χ2n) is 5.44. The van der Waals surface area contributed by atoms with Crippen LogP contribution in [0.1, 0.15) is 31.1 Å². The highest BCUT2D eigenvalue weighted by Gasteiger charge is 2.12. The van der Waals surface area contributed by atoms with E-state index in [9.17, 15) is 9.59 Å². The van der Waals surface area contributed by atoms with E-state index in [4.69, 9.17) is 0 Å². The molecule has 0 aliphatic carbocycles. The molecule has 0 bridgehead atoms. The van der Waals surface area contributed by atoms with Crippen LogP contribution in [0.2, 0.25) is 0 Å². The summed E-state index contributed by atoms with van der Waals surface area (Å²) in [7, 11) is 0. The zero-order valence-corrected chi connectivity index (χ0v) is 12.1. The van der Waals surface area contributed by atoms with E-state index in [2.05, 4.69) is 19.2 Å². The van der Waals surface area contributed by atoms with E-state index in [0.29, 0.717) is 11.5 Å². The molecule has 1 atom stereocenters. The van der Waals surface area contributed by atoms with Crippen molar-refractivity contribution in [3.8, 4) is 0 Å². The largest absolute Gasteiger partial charge is 0.352 e. The van der Waals surface area contributed by atoms with Gasteiger partial charge in [-0.25, -0.2) is 0 Å². The van der Waals surface area contributed by atoms with Crippen LogP contribution in [0, 0.1) is 5.92 Å². The molecule has 0 radical (unpaired) electrons. The fourth-order valence-electron chi connectivity index (χ4n) is 2.11. The first-order valence-corrected chi connectivity index (χ1v) is 6.85. The third-order valence-electron chi connectivity index (χ3n) is 3.68. The van der Waals surface area contributed by atoms with E-state index >= 15 is 0 Å². The number of nitrogens with zero attached hydrogens (tertiary/aromatic N) is 1. The van der Waals surface area contributed by atoms with Gasteiger partial charge in [-0.1, -0.05) is 26.0 Å². The Bertz CT molecular complexity index is 628. The number of benzene rings is 1. The fraction of sp³-hybridized carbons (Fsp3) is 0.375. The number of rotatable bonds is 5. The molecule has 0 fully saturated rings. The van der Waals surface area contributed by atoms with Gasteiger partial charge in [0.05, 0.1) is 0 Å². The molecule has 1 unspecified atom stereocenters. The first-order chi connectivity index (χ1) is 9.52. The molecule has 1 amide bonds. The number of carbonyl (C=O) groups is 2. The Morgan fingerprint density at radius 1 is 1.30 bits per heavy atom. The van der Waals surface area contributed by atoms with Gasteiger partial charge in [0.15, 0.2) is 6.29 Å². The second-order valence-corrected chi connectivity index (χ2v) is 5.44. The Morgan fingerprint density at radius 2 is 2.05 bits per heavy atom. The number of fused-ring (bicyclic) bond motifs is 1. The summed E-state index contributed by atoms with van der Waals surface area (Å²) in [5.74, 6) is 0.391. The van der Waals surface area contributed by atoms with Gasteiger partial charge >= 0.3 is 0 Å². The van der Waals surface area contributed by atoms with Crippen LogP contribution in [0.15, 0.2) is 30.5 Å². The highest BCUT2D eigenvalue weighted by Crippen LogP contribution is 2.19. The molecule has 0 spiro atoms. The Kier molecular flexibility index (Phi) is 4.23. The number of amides is 1. The summed E-state index contributed by atoms with van der Waals surface area (Å²) in [4.78, 5) is 23.0. The average Bonchev–Trinajstić information content (AvgIpc) is 2.81. The quantitative estimate of drug-likeness (QED) is 0.851. The van der Waals surface area contributed by atoms with E-state index < -0.39 is 0 Å². The third-order valence-corrected chi connectivity index (χ3v) is 3.68. The topological polar surface area (TPSA) is 51.1 Å². The van der Waals surface area contributed by atoms with E-state index in [1.165, 1.54) is 0 Å². The maximum Gasteiger partial charge on any atom is 0.240 e. The van der Waals surface area contributed by atoms with E-state index in [0.717, 1.165) is 17.2 Å². The van der Waals surface area contributed by atoms with Crippen LogP contribution in [0.4, 0.5) is 0 Å². The predicted octanol–water partition coefficient (Wildman–Crippen LogP) is 2.61. The van der Waals surface area contributed by atoms with Crippen LogP contribution >= 0.6 is 0 Å². The SMILES string of the molecule is CC(C)C(C)NC(=O)Cn1ccc2c(C=O)cccc21. The molecule has 4 nitrogen and oxygen atoms in total. The van der Waals surface area contributed by atoms with Crippen molar-refractivity contribution in [2.75, 3.05) is 0 Å². The van der Waals surface area contributed by atoms with Crippen LogP contribution < -0.4 is 5.32 Å². The molecule has 2 rings (SSSR count). The molecular formula is C16H20N2O2. The molecule has 0 aliphatic heterocycles. The lowest BCUT2D eigenvalue weighted by Gasteiger charge is -2.17. The molecule has 0 saturated carbocycles. The number of aldehydes is 1. The molecular weight excluding hydrogens is 252 g/mol. The summed E-state index contributed by atoms with van der Waals surface area (Å²) in [5, 5.41) is 3.86. The summed E-state index contributed by atoms with van der Waals surface area (Å²) in [6.07, 6.45) is 2.69. The Hall–Kier alpha value is -2.10. The van der Waals surface area contributed by atoms with Gasteiger partial charge in [0.1, 0.15) is 6.54 Å². The standard InChI is InChI=1S/C16H20N2O2/c1-11(2)12(3)17-16(20)9-18-8-7-14-13(10-19)5-4-6-15(14)18/h4-8,10-12H,9H2,1-3H3,(H,17,20). The minimum absolute atomic E-state index is 0.0137. The monoisotopic (exact) mass is 272 g/mol. The van der Waals surface area contributed by atoms with E-state index in [1.807, 2.05) is 35.9 Å². The maximum atomic E-state index is 12.0. The molecule has 20 heavy (non-hydrogen) atoms. The molecule has 4 heteroatoms. The van der Waals surface area contributed by atoms with Crippen molar-refractivity contribution in [3.63, 3.8) is 0 Å². The summed E-state index contributed by atoms with van der Waals surface area (Å²) >= 11 is 0. The van der Waals surface area contributed by atoms with Gasteiger partial charge in [-0.15, -0.1) is 0 Å². The highest BCUT2D eigenvalue weighted by atomic mass is 16.2. The lowest BCUT2D eigenvalue weighted by Crippen LogP contribution is -2.38. The third kappa shape index (κ3) is 2.90. The van der Waals surface area contributed by atoms with Gasteiger partial charge in [0, 0.05) is 28.7 Å². The summed E-state index contributed by atoms with van der Waals surface area (Å²) < 4.78 is 1.87. The summed E-state index contributed by atoms with van der Waals surface area (Å²) in [6.45, 7) is 6.42. The van der Waals surface area contributed by atoms with Crippen LogP contribution in [0.3, 0.4) is 0 Å². The first kappa shape index (κ1) is 14.3. The Morgan fingerprint density at radius 3 is 2.70 bits per heavy atom. The van der Waals surface area contributed by atoms with Crippen molar-refractivity contribution in [1.29, 1.82) is 0 Å². The van der Waals surface area contributed by atoms with Crippen LogP contribution in [0.25, 0.3) is 10.9 Å². The van der Waals surface area contributed by atoms with Crippen LogP contribution in [-0.4, -0.2) is 22.8 Å². The normalized spacial score (nSPS) is 12.6. The number of nitrogens with one attached hydrogen (secondary N) is 1. The van der Waals surface area contributed by atoms with Crippen molar-refractivity contribution in [2.24, 2.45) is 5.92 Å². The maximum absolute atomic E-state index is 12.0. The number of carbonyl (C=O) groups excluding carboxylic acids is 2. The minimum atomic E-state index is -0.0137. The van der Waals surface area contributed by atoms with E-state index in [-0.39, 0.29) is 18.5 Å². The minimum Gasteiger partial charge on any atom is -0.352 e. The average molecular weight is 272 g/mol. The van der Waals surface area contributed by atoms with Gasteiger partial charge in [-0.3, -0.25) is 9.59 Å². The zero-order valence-electron chi connectivity index (χ0n) is 12.1. The Labute approximate surface area is 118 Å². The summed E-state index contributed by atoms with van der Waals surface area (Å²) in [5.41, 5.74) is 1.55. The van der Waals surface area contributed by atoms with Gasteiger partial charge < -0.3 is 9.88 Å². The second kappa shape index (κ2) is 5.90. The summed E-state index contributed by atoms with van der Waals surface area (Å²) in [6, 6.07) is 7.55. The van der Waals surface area contributed by atoms with E-state index in [1.54, 1.807) is 6.07 Å². The van der Waals surface area contributed by atoms with Crippen molar-refractivity contribution in [3.05, 3.63) is 36.0 Å². The van der Waals surface area contributed by atoms with Crippen LogP contribution in [-0.2, 0) is 11.3 Å².